The molecule has 1 aliphatic rings. The zero-order valence-electron chi connectivity index (χ0n) is 8.91. The molecule has 1 saturated carbocycles. The Morgan fingerprint density at radius 2 is 2.40 bits per heavy atom. The molecule has 4 heteroatoms. The summed E-state index contributed by atoms with van der Waals surface area (Å²) >= 11 is 0. The smallest absolute Gasteiger partial charge is 0.338 e. The van der Waals surface area contributed by atoms with Crippen LogP contribution in [0.2, 0.25) is 0 Å². The Morgan fingerprint density at radius 1 is 1.73 bits per heavy atom. The molecule has 1 atom stereocenters. The zero-order valence-corrected chi connectivity index (χ0v) is 8.91. The number of hydrogen-bond donors (Lipinski definition) is 2. The first-order valence-corrected chi connectivity index (χ1v) is 5.03. The van der Waals surface area contributed by atoms with E-state index < -0.39 is 5.97 Å². The third-order valence-corrected chi connectivity index (χ3v) is 2.94. The molecule has 0 spiro atoms. The van der Waals surface area contributed by atoms with Crippen molar-refractivity contribution in [2.75, 3.05) is 0 Å². The highest BCUT2D eigenvalue weighted by molar-refractivity contribution is 5.87. The van der Waals surface area contributed by atoms with Crippen molar-refractivity contribution in [3.05, 3.63) is 23.7 Å². The van der Waals surface area contributed by atoms with Gasteiger partial charge in [-0.3, -0.25) is 0 Å². The van der Waals surface area contributed by atoms with Gasteiger partial charge in [-0.05, 0) is 17.9 Å². The molecule has 15 heavy (non-hydrogen) atoms. The van der Waals surface area contributed by atoms with E-state index in [0.717, 1.165) is 0 Å². The van der Waals surface area contributed by atoms with Gasteiger partial charge in [0.2, 0.25) is 0 Å². The summed E-state index contributed by atoms with van der Waals surface area (Å²) in [6, 6.07) is 2.08. The van der Waals surface area contributed by atoms with E-state index in [0.29, 0.717) is 23.8 Å². The third kappa shape index (κ3) is 2.21. The summed E-state index contributed by atoms with van der Waals surface area (Å²) in [5.41, 5.74) is 0.587. The number of carbonyl (C=O) groups is 1. The fourth-order valence-electron chi connectivity index (χ4n) is 1.62. The molecule has 82 valence electrons. The number of rotatable bonds is 4. The highest BCUT2D eigenvalue weighted by Crippen LogP contribution is 2.44. The normalized spacial score (nSPS) is 22.7. The number of carboxylic acid groups (broad SMARTS) is 1. The van der Waals surface area contributed by atoms with E-state index in [1.54, 1.807) is 6.07 Å². The Morgan fingerprint density at radius 3 is 2.87 bits per heavy atom. The quantitative estimate of drug-likeness (QED) is 0.794. The molecule has 0 aliphatic heterocycles. The van der Waals surface area contributed by atoms with Gasteiger partial charge in [0.05, 0.1) is 12.1 Å². The minimum atomic E-state index is -0.947. The van der Waals surface area contributed by atoms with Crippen LogP contribution in [-0.4, -0.2) is 17.1 Å². The molecular weight excluding hydrogens is 194 g/mol. The zero-order chi connectivity index (χ0) is 11.1. The maximum absolute atomic E-state index is 10.6. The number of nitrogens with one attached hydrogen (secondary N) is 1. The molecule has 0 radical (unpaired) electrons. The minimum absolute atomic E-state index is 0.210. The van der Waals surface area contributed by atoms with Gasteiger partial charge in [0.15, 0.2) is 0 Å². The number of carboxylic acids is 1. The van der Waals surface area contributed by atoms with Gasteiger partial charge in [-0.15, -0.1) is 0 Å². The van der Waals surface area contributed by atoms with Crippen molar-refractivity contribution in [2.24, 2.45) is 5.41 Å². The van der Waals surface area contributed by atoms with Gasteiger partial charge in [0, 0.05) is 6.04 Å². The highest BCUT2D eigenvalue weighted by atomic mass is 16.4. The van der Waals surface area contributed by atoms with E-state index in [9.17, 15) is 4.79 Å². The van der Waals surface area contributed by atoms with Crippen molar-refractivity contribution in [3.63, 3.8) is 0 Å². The number of furan rings is 1. The molecule has 2 N–H and O–H groups in total. The minimum Gasteiger partial charge on any atom is -0.478 e. The van der Waals surface area contributed by atoms with Crippen LogP contribution in [-0.2, 0) is 6.54 Å². The summed E-state index contributed by atoms with van der Waals surface area (Å²) < 4.78 is 5.13. The Balaban J connectivity index is 1.86. The van der Waals surface area contributed by atoms with Crippen molar-refractivity contribution in [3.8, 4) is 0 Å². The van der Waals surface area contributed by atoms with Crippen LogP contribution >= 0.6 is 0 Å². The first-order chi connectivity index (χ1) is 6.99. The lowest BCUT2D eigenvalue weighted by Crippen LogP contribution is -2.19. The fraction of sp³-hybridized carbons (Fsp3) is 0.545. The van der Waals surface area contributed by atoms with Crippen LogP contribution in [0.25, 0.3) is 0 Å². The first-order valence-electron chi connectivity index (χ1n) is 5.03. The summed E-state index contributed by atoms with van der Waals surface area (Å²) in [4.78, 5) is 10.6. The largest absolute Gasteiger partial charge is 0.478 e. The standard InChI is InChI=1S/C11H15NO3/c1-11(2)4-9(11)12-5-8-3-7(6-15-8)10(13)14/h3,6,9,12H,4-5H2,1-2H3,(H,13,14). The molecule has 4 nitrogen and oxygen atoms in total. The topological polar surface area (TPSA) is 62.5 Å². The van der Waals surface area contributed by atoms with Gasteiger partial charge >= 0.3 is 5.97 Å². The number of hydrogen-bond acceptors (Lipinski definition) is 3. The SMILES string of the molecule is CC1(C)CC1NCc1cc(C(=O)O)co1. The predicted octanol–water partition coefficient (Wildman–Crippen LogP) is 1.87. The molecular formula is C11H15NO3. The van der Waals surface area contributed by atoms with Crippen molar-refractivity contribution in [1.29, 1.82) is 0 Å². The lowest BCUT2D eigenvalue weighted by molar-refractivity contribution is 0.0696. The summed E-state index contributed by atoms with van der Waals surface area (Å²) in [5.74, 6) is -0.271. The number of aromatic carboxylic acids is 1. The second kappa shape index (κ2) is 3.38. The Hall–Kier alpha value is -1.29. The van der Waals surface area contributed by atoms with Crippen LogP contribution in [0, 0.1) is 5.41 Å². The summed E-state index contributed by atoms with van der Waals surface area (Å²) in [6.07, 6.45) is 2.44. The summed E-state index contributed by atoms with van der Waals surface area (Å²) in [7, 11) is 0. The Bertz CT molecular complexity index is 381. The highest BCUT2D eigenvalue weighted by Gasteiger charge is 2.45. The van der Waals surface area contributed by atoms with Gasteiger partial charge in [-0.1, -0.05) is 13.8 Å². The first kappa shape index (κ1) is 10.2. The van der Waals surface area contributed by atoms with E-state index in [-0.39, 0.29) is 5.56 Å². The van der Waals surface area contributed by atoms with Crippen LogP contribution in [0.4, 0.5) is 0 Å². The van der Waals surface area contributed by atoms with Gasteiger partial charge in [0.1, 0.15) is 12.0 Å². The van der Waals surface area contributed by atoms with Crippen LogP contribution in [0.3, 0.4) is 0 Å². The van der Waals surface area contributed by atoms with E-state index in [4.69, 9.17) is 9.52 Å². The van der Waals surface area contributed by atoms with Crippen LogP contribution in [0.1, 0.15) is 36.4 Å². The maximum Gasteiger partial charge on any atom is 0.338 e. The molecule has 1 fully saturated rings. The lowest BCUT2D eigenvalue weighted by atomic mass is 10.2. The van der Waals surface area contributed by atoms with Crippen LogP contribution in [0.15, 0.2) is 16.7 Å². The molecule has 2 rings (SSSR count). The van der Waals surface area contributed by atoms with Gasteiger partial charge < -0.3 is 14.8 Å². The average molecular weight is 209 g/mol. The van der Waals surface area contributed by atoms with E-state index in [1.807, 2.05) is 0 Å². The molecule has 1 aliphatic carbocycles. The fourth-order valence-corrected chi connectivity index (χ4v) is 1.62. The molecule has 1 aromatic rings. The van der Waals surface area contributed by atoms with Crippen molar-refractivity contribution < 1.29 is 14.3 Å². The van der Waals surface area contributed by atoms with Crippen molar-refractivity contribution >= 4 is 5.97 Å². The van der Waals surface area contributed by atoms with Gasteiger partial charge in [-0.25, -0.2) is 4.79 Å². The average Bonchev–Trinajstić information content (AvgIpc) is 2.63. The van der Waals surface area contributed by atoms with Crippen LogP contribution < -0.4 is 5.32 Å². The molecule has 0 amide bonds. The van der Waals surface area contributed by atoms with E-state index >= 15 is 0 Å². The molecule has 0 bridgehead atoms. The predicted molar refractivity (Wildman–Crippen MR) is 54.7 cm³/mol. The van der Waals surface area contributed by atoms with Crippen molar-refractivity contribution in [2.45, 2.75) is 32.9 Å². The molecule has 1 aromatic heterocycles. The van der Waals surface area contributed by atoms with Gasteiger partial charge in [-0.2, -0.15) is 0 Å². The summed E-state index contributed by atoms with van der Waals surface area (Å²) in [5, 5.41) is 12.0. The Labute approximate surface area is 88.3 Å². The van der Waals surface area contributed by atoms with E-state index in [2.05, 4.69) is 19.2 Å². The monoisotopic (exact) mass is 209 g/mol. The summed E-state index contributed by atoms with van der Waals surface area (Å²) in [6.45, 7) is 5.01. The van der Waals surface area contributed by atoms with E-state index in [1.165, 1.54) is 12.7 Å². The molecule has 1 heterocycles. The van der Waals surface area contributed by atoms with Crippen LogP contribution in [0.5, 0.6) is 0 Å². The lowest BCUT2D eigenvalue weighted by Gasteiger charge is -2.03. The second-order valence-corrected chi connectivity index (χ2v) is 4.73. The Kier molecular flexibility index (Phi) is 2.31. The second-order valence-electron chi connectivity index (χ2n) is 4.73. The van der Waals surface area contributed by atoms with Crippen molar-refractivity contribution in [1.82, 2.24) is 5.32 Å². The third-order valence-electron chi connectivity index (χ3n) is 2.94. The van der Waals surface area contributed by atoms with Gasteiger partial charge in [0.25, 0.3) is 0 Å². The molecule has 1 unspecified atom stereocenters. The maximum atomic E-state index is 10.6. The molecule has 0 aromatic carbocycles. The molecule has 0 saturated heterocycles.